The van der Waals surface area contributed by atoms with Gasteiger partial charge in [0.1, 0.15) is 28.8 Å². The number of aliphatic hydroxyl groups is 1. The van der Waals surface area contributed by atoms with Crippen LogP contribution in [-0.2, 0) is 16.0 Å². The van der Waals surface area contributed by atoms with Gasteiger partial charge in [0.2, 0.25) is 11.9 Å². The average molecular weight is 557 g/mol. The lowest BCUT2D eigenvalue weighted by Crippen LogP contribution is -2.42. The van der Waals surface area contributed by atoms with Crippen LogP contribution in [0, 0.1) is 16.7 Å². The zero-order chi connectivity index (χ0) is 28.7. The number of nitrogens with one attached hydrogen (secondary N) is 2. The Bertz CT molecular complexity index is 1200. The molecular weight excluding hydrogens is 516 g/mol. The molecule has 0 saturated carbocycles. The molecule has 1 aliphatic carbocycles. The van der Waals surface area contributed by atoms with Crippen LogP contribution >= 0.6 is 11.3 Å². The minimum absolute atomic E-state index is 0.0397. The van der Waals surface area contributed by atoms with E-state index in [0.29, 0.717) is 54.9 Å². The predicted octanol–water partition coefficient (Wildman–Crippen LogP) is 2.84. The standard InChI is InChI=1S/C27H40N8O3S/c1-17(36)31-12-14-35(13-7-15-38-27(2,3)4)26-32-11-10-20(33-26)23(29)34(5)25(37)18-8-6-9-21-22(18)19(16-28)24(30)39-21/h10-11,18,25,29,37H,6-9,12-15,30H2,1-5H3,(H,31,36). The van der Waals surface area contributed by atoms with Crippen LogP contribution in [0.2, 0.25) is 0 Å². The van der Waals surface area contributed by atoms with E-state index in [0.717, 1.165) is 29.7 Å². The third-order valence-electron chi connectivity index (χ3n) is 6.59. The number of carbonyl (C=O) groups is 1. The SMILES string of the molecule is CC(=O)NCCN(CCCOC(C)(C)C)c1nccc(C(=N)N(C)C(O)C2CCCc3sc(N)c(C#N)c32)n1. The van der Waals surface area contributed by atoms with Crippen LogP contribution in [0.5, 0.6) is 0 Å². The van der Waals surface area contributed by atoms with E-state index in [1.54, 1.807) is 19.3 Å². The quantitative estimate of drug-likeness (QED) is 0.141. The molecule has 1 amide bonds. The summed E-state index contributed by atoms with van der Waals surface area (Å²) in [6.07, 6.45) is 3.70. The van der Waals surface area contributed by atoms with Gasteiger partial charge in [0, 0.05) is 57.2 Å². The largest absolute Gasteiger partial charge is 0.389 e. The van der Waals surface area contributed by atoms with Crippen LogP contribution in [0.3, 0.4) is 0 Å². The molecule has 0 radical (unpaired) electrons. The van der Waals surface area contributed by atoms with Crippen LogP contribution in [0.4, 0.5) is 10.9 Å². The normalized spacial score (nSPS) is 15.7. The van der Waals surface area contributed by atoms with Crippen molar-refractivity contribution in [1.29, 1.82) is 10.7 Å². The van der Waals surface area contributed by atoms with E-state index in [2.05, 4.69) is 21.4 Å². The molecule has 0 bridgehead atoms. The molecular formula is C27H40N8O3S. The molecule has 2 atom stereocenters. The average Bonchev–Trinajstić information content (AvgIpc) is 3.22. The molecule has 0 aromatic carbocycles. The first-order chi connectivity index (χ1) is 18.4. The molecule has 1 aliphatic rings. The number of aryl methyl sites for hydroxylation is 1. The van der Waals surface area contributed by atoms with Gasteiger partial charge in [-0.3, -0.25) is 10.2 Å². The van der Waals surface area contributed by atoms with Gasteiger partial charge in [-0.25, -0.2) is 9.97 Å². The number of nitriles is 1. The predicted molar refractivity (Wildman–Crippen MR) is 153 cm³/mol. The van der Waals surface area contributed by atoms with E-state index < -0.39 is 6.23 Å². The minimum atomic E-state index is -1.03. The first-order valence-electron chi connectivity index (χ1n) is 13.2. The van der Waals surface area contributed by atoms with E-state index in [4.69, 9.17) is 15.9 Å². The maximum absolute atomic E-state index is 11.4. The summed E-state index contributed by atoms with van der Waals surface area (Å²) in [4.78, 5) is 25.0. The van der Waals surface area contributed by atoms with E-state index in [1.807, 2.05) is 25.7 Å². The monoisotopic (exact) mass is 556 g/mol. The summed E-state index contributed by atoms with van der Waals surface area (Å²) >= 11 is 1.41. The highest BCUT2D eigenvalue weighted by Crippen LogP contribution is 2.43. The molecule has 11 nitrogen and oxygen atoms in total. The van der Waals surface area contributed by atoms with Gasteiger partial charge >= 0.3 is 0 Å². The van der Waals surface area contributed by atoms with Gasteiger partial charge in [0.25, 0.3) is 0 Å². The fourth-order valence-electron chi connectivity index (χ4n) is 4.66. The number of fused-ring (bicyclic) bond motifs is 1. The summed E-state index contributed by atoms with van der Waals surface area (Å²) in [5, 5.41) is 33.1. The Kier molecular flexibility index (Phi) is 10.2. The van der Waals surface area contributed by atoms with Crippen LogP contribution in [0.25, 0.3) is 0 Å². The maximum atomic E-state index is 11.4. The Balaban J connectivity index is 1.77. The number of amides is 1. The minimum Gasteiger partial charge on any atom is -0.389 e. The Morgan fingerprint density at radius 2 is 2.18 bits per heavy atom. The molecule has 0 aliphatic heterocycles. The number of nitrogen functional groups attached to an aromatic ring is 1. The van der Waals surface area contributed by atoms with E-state index in [9.17, 15) is 15.2 Å². The fraction of sp³-hybridized carbons (Fsp3) is 0.593. The molecule has 0 saturated heterocycles. The lowest BCUT2D eigenvalue weighted by molar-refractivity contribution is -0.118. The summed E-state index contributed by atoms with van der Waals surface area (Å²) in [6, 6.07) is 3.84. The van der Waals surface area contributed by atoms with Gasteiger partial charge < -0.3 is 30.7 Å². The second-order valence-electron chi connectivity index (χ2n) is 10.7. The number of aliphatic hydroxyl groups excluding tert-OH is 1. The highest BCUT2D eigenvalue weighted by molar-refractivity contribution is 7.16. The van der Waals surface area contributed by atoms with Crippen molar-refractivity contribution in [3.8, 4) is 6.07 Å². The Labute approximate surface area is 234 Å². The van der Waals surface area contributed by atoms with Crippen molar-refractivity contribution < 1.29 is 14.6 Å². The van der Waals surface area contributed by atoms with Gasteiger partial charge in [0.15, 0.2) is 0 Å². The number of aromatic nitrogens is 2. The maximum Gasteiger partial charge on any atom is 0.226 e. The first-order valence-corrected chi connectivity index (χ1v) is 14.0. The lowest BCUT2D eigenvalue weighted by atomic mass is 9.83. The van der Waals surface area contributed by atoms with Crippen LogP contribution in [0.1, 0.15) is 74.6 Å². The molecule has 212 valence electrons. The Morgan fingerprint density at radius 3 is 2.85 bits per heavy atom. The molecule has 0 spiro atoms. The molecule has 5 N–H and O–H groups in total. The van der Waals surface area contributed by atoms with Crippen molar-refractivity contribution in [2.75, 3.05) is 43.9 Å². The number of hydrogen-bond donors (Lipinski definition) is 4. The smallest absolute Gasteiger partial charge is 0.226 e. The lowest BCUT2D eigenvalue weighted by Gasteiger charge is -2.34. The van der Waals surface area contributed by atoms with E-state index in [-0.39, 0.29) is 23.3 Å². The van der Waals surface area contributed by atoms with Gasteiger partial charge in [-0.2, -0.15) is 5.26 Å². The Hall–Kier alpha value is -3.27. The highest BCUT2D eigenvalue weighted by atomic mass is 32.1. The molecule has 3 rings (SSSR count). The zero-order valence-corrected chi connectivity index (χ0v) is 24.3. The number of nitrogens with two attached hydrogens (primary N) is 1. The molecule has 0 fully saturated rings. The number of nitrogens with zero attached hydrogens (tertiary/aromatic N) is 5. The van der Waals surface area contributed by atoms with Gasteiger partial charge in [-0.1, -0.05) is 0 Å². The van der Waals surface area contributed by atoms with Crippen LogP contribution in [-0.4, -0.2) is 76.8 Å². The zero-order valence-electron chi connectivity index (χ0n) is 23.5. The number of thiophene rings is 1. The van der Waals surface area contributed by atoms with Crippen molar-refractivity contribution >= 4 is 34.0 Å². The summed E-state index contributed by atoms with van der Waals surface area (Å²) in [6.45, 7) is 9.58. The number of likely N-dealkylation sites (N-methyl/N-ethyl adjacent to an activating group) is 1. The van der Waals surface area contributed by atoms with Crippen molar-refractivity contribution in [3.05, 3.63) is 34.0 Å². The second-order valence-corrected chi connectivity index (χ2v) is 11.8. The van der Waals surface area contributed by atoms with E-state index in [1.165, 1.54) is 23.2 Å². The van der Waals surface area contributed by atoms with Crippen LogP contribution < -0.4 is 16.0 Å². The number of rotatable bonds is 11. The topological polar surface area (TPSA) is 164 Å². The van der Waals surface area contributed by atoms with Crippen molar-refractivity contribution in [3.63, 3.8) is 0 Å². The van der Waals surface area contributed by atoms with Crippen molar-refractivity contribution in [1.82, 2.24) is 20.2 Å². The first kappa shape index (κ1) is 30.3. The summed E-state index contributed by atoms with van der Waals surface area (Å²) in [5.74, 6) is 0.0212. The second kappa shape index (κ2) is 13.2. The molecule has 2 aromatic heterocycles. The van der Waals surface area contributed by atoms with Crippen molar-refractivity contribution in [2.45, 2.75) is 71.1 Å². The van der Waals surface area contributed by atoms with Gasteiger partial charge in [-0.05, 0) is 58.1 Å². The van der Waals surface area contributed by atoms with Gasteiger partial charge in [-0.15, -0.1) is 11.3 Å². The third kappa shape index (κ3) is 7.88. The summed E-state index contributed by atoms with van der Waals surface area (Å²) in [5.41, 5.74) is 7.46. The van der Waals surface area contributed by atoms with Gasteiger partial charge in [0.05, 0.1) is 11.2 Å². The summed E-state index contributed by atoms with van der Waals surface area (Å²) in [7, 11) is 1.66. The summed E-state index contributed by atoms with van der Waals surface area (Å²) < 4.78 is 5.85. The third-order valence-corrected chi connectivity index (χ3v) is 7.69. The molecule has 2 aromatic rings. The number of ether oxygens (including phenoxy) is 1. The number of hydrogen-bond acceptors (Lipinski definition) is 10. The Morgan fingerprint density at radius 1 is 1.44 bits per heavy atom. The number of carbonyl (C=O) groups excluding carboxylic acids is 1. The number of anilines is 2. The molecule has 39 heavy (non-hydrogen) atoms. The van der Waals surface area contributed by atoms with Crippen molar-refractivity contribution in [2.24, 2.45) is 0 Å². The fourth-order valence-corrected chi connectivity index (χ4v) is 5.79. The van der Waals surface area contributed by atoms with Crippen LogP contribution in [0.15, 0.2) is 12.3 Å². The molecule has 12 heteroatoms. The number of amidine groups is 1. The van der Waals surface area contributed by atoms with E-state index >= 15 is 0 Å². The molecule has 2 heterocycles. The molecule has 2 unspecified atom stereocenters. The highest BCUT2D eigenvalue weighted by Gasteiger charge is 2.35.